The molecule has 2 saturated heterocycles. The van der Waals surface area contributed by atoms with E-state index in [0.717, 1.165) is 30.0 Å². The number of rotatable bonds is 5. The molecule has 9 heteroatoms. The number of hydrogen-bond acceptors (Lipinski definition) is 5. The van der Waals surface area contributed by atoms with Crippen molar-refractivity contribution in [3.8, 4) is 0 Å². The fourth-order valence-corrected chi connectivity index (χ4v) is 4.17. The molecule has 1 aromatic carbocycles. The Hall–Kier alpha value is -2.13. The first kappa shape index (κ1) is 17.7. The van der Waals surface area contributed by atoms with Gasteiger partial charge in [-0.15, -0.1) is 0 Å². The fraction of sp³-hybridized carbons (Fsp3) is 0.500. The minimum atomic E-state index is -3.92. The minimum Gasteiger partial charge on any atom is -0.478 e. The van der Waals surface area contributed by atoms with Gasteiger partial charge in [-0.3, -0.25) is 4.79 Å². The van der Waals surface area contributed by atoms with Gasteiger partial charge in [-0.1, -0.05) is 0 Å². The lowest BCUT2D eigenvalue weighted by Crippen LogP contribution is -2.40. The van der Waals surface area contributed by atoms with Gasteiger partial charge in [0.15, 0.2) is 0 Å². The summed E-state index contributed by atoms with van der Waals surface area (Å²) in [5, 5.41) is 9.27. The largest absolute Gasteiger partial charge is 0.478 e. The van der Waals surface area contributed by atoms with Gasteiger partial charge in [-0.25, -0.2) is 9.52 Å². The Balaban J connectivity index is 2.01. The van der Waals surface area contributed by atoms with E-state index in [1.54, 1.807) is 0 Å². The lowest BCUT2D eigenvalue weighted by molar-refractivity contribution is 0.0696. The second kappa shape index (κ2) is 6.30. The van der Waals surface area contributed by atoms with Crippen LogP contribution in [0.5, 0.6) is 0 Å². The van der Waals surface area contributed by atoms with Crippen LogP contribution in [0.4, 0.5) is 5.69 Å². The molecule has 3 rings (SSSR count). The van der Waals surface area contributed by atoms with Gasteiger partial charge in [0.2, 0.25) is 0 Å². The van der Waals surface area contributed by atoms with Crippen LogP contribution in [0.15, 0.2) is 18.2 Å². The molecule has 0 radical (unpaired) electrons. The average Bonchev–Trinajstić information content (AvgIpc) is 3.13. The number of aromatic carboxylic acids is 1. The molecular weight excluding hydrogens is 346 g/mol. The molecule has 0 aromatic heterocycles. The lowest BCUT2D eigenvalue weighted by Gasteiger charge is -2.27. The molecule has 0 aliphatic carbocycles. The van der Waals surface area contributed by atoms with Gasteiger partial charge in [0.25, 0.3) is 5.91 Å². The first-order valence-electron chi connectivity index (χ1n) is 8.11. The second-order valence-corrected chi connectivity index (χ2v) is 8.51. The summed E-state index contributed by atoms with van der Waals surface area (Å²) in [5.41, 5.74) is 0.749. The van der Waals surface area contributed by atoms with Crippen molar-refractivity contribution < 1.29 is 23.1 Å². The van der Waals surface area contributed by atoms with Gasteiger partial charge in [0.05, 0.1) is 16.8 Å². The zero-order valence-electron chi connectivity index (χ0n) is 14.1. The molecule has 8 nitrogen and oxygen atoms in total. The van der Waals surface area contributed by atoms with Crippen LogP contribution in [0.2, 0.25) is 0 Å². The molecule has 2 aliphatic rings. The van der Waals surface area contributed by atoms with Crippen LogP contribution in [-0.4, -0.2) is 55.9 Å². The number of nitrogens with one attached hydrogen (secondary N) is 1. The molecule has 0 saturated carbocycles. The van der Waals surface area contributed by atoms with E-state index < -0.39 is 22.1 Å². The quantitative estimate of drug-likeness (QED) is 0.806. The Morgan fingerprint density at radius 3 is 2.20 bits per heavy atom. The molecule has 25 heavy (non-hydrogen) atoms. The lowest BCUT2D eigenvalue weighted by atomic mass is 10.0. The monoisotopic (exact) mass is 367 g/mol. The zero-order valence-corrected chi connectivity index (χ0v) is 14.9. The maximum Gasteiger partial charge on any atom is 0.335 e. The third-order valence-corrected chi connectivity index (χ3v) is 6.33. The molecular formula is C16H21N3O5S. The van der Waals surface area contributed by atoms with Gasteiger partial charge < -0.3 is 10.0 Å². The van der Waals surface area contributed by atoms with Gasteiger partial charge in [-0.2, -0.15) is 12.7 Å². The van der Waals surface area contributed by atoms with E-state index in [1.807, 2.05) is 4.72 Å². The highest BCUT2D eigenvalue weighted by Gasteiger charge is 2.41. The summed E-state index contributed by atoms with van der Waals surface area (Å²) < 4.78 is 26.8. The summed E-state index contributed by atoms with van der Waals surface area (Å²) in [6.45, 7) is 0. The Labute approximate surface area is 146 Å². The number of carboxylic acid groups (broad SMARTS) is 1. The molecule has 2 fully saturated rings. The van der Waals surface area contributed by atoms with Crippen molar-refractivity contribution in [2.24, 2.45) is 0 Å². The Morgan fingerprint density at radius 2 is 1.72 bits per heavy atom. The van der Waals surface area contributed by atoms with Crippen LogP contribution in [0, 0.1) is 0 Å². The molecule has 1 aromatic rings. The molecule has 136 valence electrons. The summed E-state index contributed by atoms with van der Waals surface area (Å²) in [4.78, 5) is 26.0. The number of benzene rings is 1. The van der Waals surface area contributed by atoms with Crippen LogP contribution in [0.25, 0.3) is 0 Å². The van der Waals surface area contributed by atoms with E-state index in [9.17, 15) is 23.1 Å². The number of amides is 1. The second-order valence-electron chi connectivity index (χ2n) is 6.63. The van der Waals surface area contributed by atoms with E-state index in [4.69, 9.17) is 0 Å². The summed E-state index contributed by atoms with van der Waals surface area (Å²) in [6.07, 6.45) is 4.00. The number of carboxylic acids is 1. The predicted octanol–water partition coefficient (Wildman–Crippen LogP) is 1.05. The van der Waals surface area contributed by atoms with E-state index in [0.29, 0.717) is 5.69 Å². The number of carbonyl (C=O) groups is 2. The Bertz CT molecular complexity index is 801. The first-order valence-corrected chi connectivity index (χ1v) is 9.55. The van der Waals surface area contributed by atoms with Crippen LogP contribution in [0.3, 0.4) is 0 Å². The normalized spacial score (nSPS) is 22.4. The van der Waals surface area contributed by atoms with Crippen molar-refractivity contribution in [3.05, 3.63) is 29.3 Å². The van der Waals surface area contributed by atoms with Gasteiger partial charge in [-0.05, 0) is 43.9 Å². The van der Waals surface area contributed by atoms with E-state index in [-0.39, 0.29) is 23.2 Å². The summed E-state index contributed by atoms with van der Waals surface area (Å²) in [5.74, 6) is -1.84. The highest BCUT2D eigenvalue weighted by atomic mass is 32.2. The number of carbonyl (C=O) groups excluding carboxylic acids is 1. The van der Waals surface area contributed by atoms with Gasteiger partial charge >= 0.3 is 16.2 Å². The van der Waals surface area contributed by atoms with Crippen molar-refractivity contribution in [3.63, 3.8) is 0 Å². The van der Waals surface area contributed by atoms with Crippen molar-refractivity contribution >= 4 is 27.8 Å². The average molecular weight is 367 g/mol. The van der Waals surface area contributed by atoms with Crippen molar-refractivity contribution in [1.82, 2.24) is 9.03 Å². The van der Waals surface area contributed by atoms with Crippen molar-refractivity contribution in [2.75, 3.05) is 19.0 Å². The van der Waals surface area contributed by atoms with Crippen LogP contribution >= 0.6 is 0 Å². The summed E-state index contributed by atoms with van der Waals surface area (Å²) in [7, 11) is -1.28. The summed E-state index contributed by atoms with van der Waals surface area (Å²) >= 11 is 0. The number of nitrogens with zero attached hydrogens (tertiary/aromatic N) is 2. The molecule has 1 amide bonds. The van der Waals surface area contributed by atoms with Crippen LogP contribution in [0.1, 0.15) is 46.4 Å². The maximum absolute atomic E-state index is 12.6. The number of hydrogen-bond donors (Lipinski definition) is 2. The fourth-order valence-electron chi connectivity index (χ4n) is 3.64. The van der Waals surface area contributed by atoms with Crippen LogP contribution < -0.4 is 9.62 Å². The molecule has 0 unspecified atom stereocenters. The van der Waals surface area contributed by atoms with Crippen LogP contribution in [-0.2, 0) is 10.2 Å². The zero-order chi connectivity index (χ0) is 18.4. The topological polar surface area (TPSA) is 107 Å². The Kier molecular flexibility index (Phi) is 4.46. The minimum absolute atomic E-state index is 0.0771. The maximum atomic E-state index is 12.6. The molecule has 2 bridgehead atoms. The van der Waals surface area contributed by atoms with E-state index in [1.165, 1.54) is 32.3 Å². The van der Waals surface area contributed by atoms with Gasteiger partial charge in [0, 0.05) is 26.2 Å². The highest BCUT2D eigenvalue weighted by Crippen LogP contribution is 2.42. The van der Waals surface area contributed by atoms with E-state index in [2.05, 4.69) is 4.90 Å². The number of anilines is 1. The summed E-state index contributed by atoms with van der Waals surface area (Å²) in [6, 6.07) is 4.71. The third kappa shape index (κ3) is 3.21. The molecule has 0 atom stereocenters. The smallest absolute Gasteiger partial charge is 0.335 e. The first-order chi connectivity index (χ1) is 11.7. The van der Waals surface area contributed by atoms with Gasteiger partial charge in [0.1, 0.15) is 0 Å². The van der Waals surface area contributed by atoms with Crippen molar-refractivity contribution in [2.45, 2.75) is 37.8 Å². The van der Waals surface area contributed by atoms with Crippen molar-refractivity contribution in [1.29, 1.82) is 0 Å². The molecule has 2 N–H and O–H groups in total. The SMILES string of the molecule is CN(C)S(=O)(=O)NC(=O)c1ccc(C(=O)O)cc1N1C2CCC1CC2. The highest BCUT2D eigenvalue weighted by molar-refractivity contribution is 7.87. The number of fused-ring (bicyclic) bond motifs is 2. The third-order valence-electron chi connectivity index (χ3n) is 4.92. The molecule has 0 spiro atoms. The predicted molar refractivity (Wildman–Crippen MR) is 92.0 cm³/mol. The Morgan fingerprint density at radius 1 is 1.16 bits per heavy atom. The molecule has 2 aliphatic heterocycles. The van der Waals surface area contributed by atoms with E-state index >= 15 is 0 Å². The standard InChI is InChI=1S/C16H21N3O5S/c1-18(2)25(23,24)17-15(20)13-8-3-10(16(21)22)9-14(13)19-11-4-5-12(19)7-6-11/h3,8-9,11-12H,4-7H2,1-2H3,(H,17,20)(H,21,22). The molecule has 2 heterocycles.